The molecule has 1 saturated heterocycles. The lowest BCUT2D eigenvalue weighted by molar-refractivity contribution is -0.135. The minimum absolute atomic E-state index is 0. The topological polar surface area (TPSA) is 49.6 Å². The molecule has 3 rings (SSSR count). The SMILES string of the molecule is CN(C(=O)C1(N)CC1)C1CCCN(CCCc2ccccc2)C1.Cl.Cl. The molecule has 1 atom stereocenters. The van der Waals surface area contributed by atoms with Crippen molar-refractivity contribution in [2.45, 2.75) is 50.1 Å². The fraction of sp³-hybridized carbons (Fsp3) is 0.632. The van der Waals surface area contributed by atoms with Crippen molar-refractivity contribution in [3.63, 3.8) is 0 Å². The Labute approximate surface area is 163 Å². The maximum atomic E-state index is 12.4. The zero-order valence-corrected chi connectivity index (χ0v) is 16.7. The average Bonchev–Trinajstić information content (AvgIpc) is 3.34. The van der Waals surface area contributed by atoms with Gasteiger partial charge in [-0.05, 0) is 57.2 Å². The van der Waals surface area contributed by atoms with Crippen molar-refractivity contribution in [1.82, 2.24) is 9.80 Å². The molecule has 0 spiro atoms. The number of likely N-dealkylation sites (tertiary alicyclic amines) is 1. The summed E-state index contributed by atoms with van der Waals surface area (Å²) in [6.45, 7) is 3.26. The highest BCUT2D eigenvalue weighted by Crippen LogP contribution is 2.34. The molecule has 1 saturated carbocycles. The molecule has 0 aromatic heterocycles. The number of amides is 1. The van der Waals surface area contributed by atoms with Gasteiger partial charge in [-0.3, -0.25) is 4.79 Å². The number of halogens is 2. The van der Waals surface area contributed by atoms with Crippen LogP contribution in [0.25, 0.3) is 0 Å². The molecule has 0 radical (unpaired) electrons. The fourth-order valence-corrected chi connectivity index (χ4v) is 3.57. The van der Waals surface area contributed by atoms with E-state index < -0.39 is 5.54 Å². The fourth-order valence-electron chi connectivity index (χ4n) is 3.57. The molecule has 1 heterocycles. The molecule has 1 aromatic rings. The number of carbonyl (C=O) groups excluding carboxylic acids is 1. The summed E-state index contributed by atoms with van der Waals surface area (Å²) in [5, 5.41) is 0. The van der Waals surface area contributed by atoms with Gasteiger partial charge in [0.15, 0.2) is 0 Å². The first kappa shape index (κ1) is 22.2. The molecule has 1 aromatic carbocycles. The number of hydrogen-bond donors (Lipinski definition) is 1. The third kappa shape index (κ3) is 5.85. The Morgan fingerprint density at radius 2 is 1.96 bits per heavy atom. The first-order chi connectivity index (χ1) is 11.1. The van der Waals surface area contributed by atoms with Crippen LogP contribution in [-0.2, 0) is 11.2 Å². The Balaban J connectivity index is 0.00000156. The second-order valence-electron chi connectivity index (χ2n) is 7.26. The summed E-state index contributed by atoms with van der Waals surface area (Å²) in [5.41, 5.74) is 6.94. The molecule has 2 N–H and O–H groups in total. The van der Waals surface area contributed by atoms with Crippen LogP contribution in [-0.4, -0.2) is 54.0 Å². The maximum Gasteiger partial charge on any atom is 0.242 e. The Morgan fingerprint density at radius 1 is 1.28 bits per heavy atom. The van der Waals surface area contributed by atoms with E-state index in [-0.39, 0.29) is 30.7 Å². The summed E-state index contributed by atoms with van der Waals surface area (Å²) >= 11 is 0. The lowest BCUT2D eigenvalue weighted by Gasteiger charge is -2.38. The van der Waals surface area contributed by atoms with E-state index in [1.54, 1.807) is 0 Å². The van der Waals surface area contributed by atoms with Crippen LogP contribution in [0.15, 0.2) is 30.3 Å². The predicted octanol–water partition coefficient (Wildman–Crippen LogP) is 2.88. The smallest absolute Gasteiger partial charge is 0.242 e. The minimum Gasteiger partial charge on any atom is -0.340 e. The van der Waals surface area contributed by atoms with Crippen molar-refractivity contribution < 1.29 is 4.79 Å². The van der Waals surface area contributed by atoms with Gasteiger partial charge in [0.1, 0.15) is 0 Å². The van der Waals surface area contributed by atoms with Crippen molar-refractivity contribution in [3.8, 4) is 0 Å². The van der Waals surface area contributed by atoms with Crippen molar-refractivity contribution >= 4 is 30.7 Å². The number of benzene rings is 1. The highest BCUT2D eigenvalue weighted by Gasteiger charge is 2.48. The van der Waals surface area contributed by atoms with Crippen LogP contribution in [0.5, 0.6) is 0 Å². The first-order valence-corrected chi connectivity index (χ1v) is 8.91. The highest BCUT2D eigenvalue weighted by atomic mass is 35.5. The summed E-state index contributed by atoms with van der Waals surface area (Å²) in [7, 11) is 1.94. The van der Waals surface area contributed by atoms with Gasteiger partial charge >= 0.3 is 0 Å². The van der Waals surface area contributed by atoms with Crippen molar-refractivity contribution in [3.05, 3.63) is 35.9 Å². The van der Waals surface area contributed by atoms with Crippen LogP contribution < -0.4 is 5.73 Å². The number of aryl methyl sites for hydroxylation is 1. The van der Waals surface area contributed by atoms with E-state index in [0.717, 1.165) is 45.3 Å². The van der Waals surface area contributed by atoms with E-state index in [1.807, 2.05) is 11.9 Å². The molecule has 1 aliphatic carbocycles. The van der Waals surface area contributed by atoms with E-state index in [0.29, 0.717) is 6.04 Å². The standard InChI is InChI=1S/C19H29N3O.2ClH/c1-21(18(23)19(20)11-12-19)17-10-6-14-22(15-17)13-5-9-16-7-3-2-4-8-16;;/h2-4,7-8,17H,5-6,9-15,20H2,1H3;2*1H. The van der Waals surface area contributed by atoms with Crippen LogP contribution in [0.2, 0.25) is 0 Å². The number of rotatable bonds is 6. The summed E-state index contributed by atoms with van der Waals surface area (Å²) in [5.74, 6) is 0.147. The number of carbonyl (C=O) groups is 1. The van der Waals surface area contributed by atoms with E-state index >= 15 is 0 Å². The molecule has 2 fully saturated rings. The van der Waals surface area contributed by atoms with Crippen LogP contribution >= 0.6 is 24.8 Å². The zero-order valence-electron chi connectivity index (χ0n) is 15.0. The second-order valence-corrected chi connectivity index (χ2v) is 7.26. The number of nitrogens with zero attached hydrogens (tertiary/aromatic N) is 2. The zero-order chi connectivity index (χ0) is 16.3. The van der Waals surface area contributed by atoms with Gasteiger partial charge in [0, 0.05) is 19.6 Å². The van der Waals surface area contributed by atoms with Crippen LogP contribution in [0.4, 0.5) is 0 Å². The van der Waals surface area contributed by atoms with E-state index in [1.165, 1.54) is 18.4 Å². The van der Waals surface area contributed by atoms with Gasteiger partial charge in [-0.15, -0.1) is 24.8 Å². The van der Waals surface area contributed by atoms with Crippen molar-refractivity contribution in [2.24, 2.45) is 5.73 Å². The molecule has 4 nitrogen and oxygen atoms in total. The Bertz CT molecular complexity index is 537. The largest absolute Gasteiger partial charge is 0.340 e. The molecule has 2 aliphatic rings. The van der Waals surface area contributed by atoms with Crippen LogP contribution in [0.1, 0.15) is 37.7 Å². The van der Waals surface area contributed by atoms with Crippen LogP contribution in [0.3, 0.4) is 0 Å². The molecule has 6 heteroatoms. The number of likely N-dealkylation sites (N-methyl/N-ethyl adjacent to an activating group) is 1. The Morgan fingerprint density at radius 3 is 2.60 bits per heavy atom. The molecule has 0 bridgehead atoms. The summed E-state index contributed by atoms with van der Waals surface area (Å²) in [4.78, 5) is 16.9. The van der Waals surface area contributed by atoms with E-state index in [4.69, 9.17) is 5.73 Å². The summed E-state index contributed by atoms with van der Waals surface area (Å²) in [6, 6.07) is 11.0. The number of nitrogens with two attached hydrogens (primary N) is 1. The van der Waals surface area contributed by atoms with E-state index in [2.05, 4.69) is 35.2 Å². The summed E-state index contributed by atoms with van der Waals surface area (Å²) in [6.07, 6.45) is 6.28. The first-order valence-electron chi connectivity index (χ1n) is 8.91. The molecule has 25 heavy (non-hydrogen) atoms. The van der Waals surface area contributed by atoms with Gasteiger partial charge in [-0.1, -0.05) is 30.3 Å². The molecular weight excluding hydrogens is 357 g/mol. The van der Waals surface area contributed by atoms with Crippen molar-refractivity contribution in [2.75, 3.05) is 26.7 Å². The third-order valence-electron chi connectivity index (χ3n) is 5.35. The maximum absolute atomic E-state index is 12.4. The van der Waals surface area contributed by atoms with Crippen LogP contribution in [0, 0.1) is 0 Å². The second kappa shape index (κ2) is 9.77. The van der Waals surface area contributed by atoms with Crippen molar-refractivity contribution in [1.29, 1.82) is 0 Å². The Kier molecular flexibility index (Phi) is 8.69. The Hall–Kier alpha value is -0.810. The quantitative estimate of drug-likeness (QED) is 0.815. The van der Waals surface area contributed by atoms with Gasteiger partial charge in [0.05, 0.1) is 5.54 Å². The highest BCUT2D eigenvalue weighted by molar-refractivity contribution is 5.89. The van der Waals surface area contributed by atoms with Gasteiger partial charge in [-0.2, -0.15) is 0 Å². The number of piperidine rings is 1. The molecule has 1 unspecified atom stereocenters. The third-order valence-corrected chi connectivity index (χ3v) is 5.35. The molecule has 1 aliphatic heterocycles. The molecular formula is C19H31Cl2N3O. The minimum atomic E-state index is -0.537. The normalized spacial score (nSPS) is 21.6. The molecule has 1 amide bonds. The monoisotopic (exact) mass is 387 g/mol. The van der Waals surface area contributed by atoms with E-state index in [9.17, 15) is 4.79 Å². The lowest BCUT2D eigenvalue weighted by atomic mass is 10.0. The summed E-state index contributed by atoms with van der Waals surface area (Å²) < 4.78 is 0. The van der Waals surface area contributed by atoms with Gasteiger partial charge in [0.25, 0.3) is 0 Å². The van der Waals surface area contributed by atoms with Gasteiger partial charge < -0.3 is 15.5 Å². The number of hydrogen-bond acceptors (Lipinski definition) is 3. The average molecular weight is 388 g/mol. The van der Waals surface area contributed by atoms with Gasteiger partial charge in [0.2, 0.25) is 5.91 Å². The lowest BCUT2D eigenvalue weighted by Crippen LogP contribution is -2.53. The molecule has 142 valence electrons. The predicted molar refractivity (Wildman–Crippen MR) is 108 cm³/mol. The van der Waals surface area contributed by atoms with Gasteiger partial charge in [-0.25, -0.2) is 0 Å².